The van der Waals surface area contributed by atoms with Crippen molar-refractivity contribution in [2.24, 2.45) is 0 Å². The molecule has 0 fully saturated rings. The molecule has 4 aromatic rings. The van der Waals surface area contributed by atoms with Crippen molar-refractivity contribution in [2.45, 2.75) is 0 Å². The molecule has 5 heterocycles. The van der Waals surface area contributed by atoms with Crippen molar-refractivity contribution in [3.63, 3.8) is 0 Å². The van der Waals surface area contributed by atoms with E-state index < -0.39 is 31.9 Å². The molecule has 4 nitrogen and oxygen atoms in total. The molecule has 0 radical (unpaired) electrons. The van der Waals surface area contributed by atoms with Crippen LogP contribution in [-0.4, -0.2) is 19.9 Å². The van der Waals surface area contributed by atoms with Gasteiger partial charge in [-0.2, -0.15) is 0 Å². The summed E-state index contributed by atoms with van der Waals surface area (Å²) in [5.74, 6) is -5.40. The van der Waals surface area contributed by atoms with Crippen LogP contribution in [0.3, 0.4) is 0 Å². The van der Waals surface area contributed by atoms with Crippen LogP contribution in [0.25, 0.3) is 46.4 Å². The van der Waals surface area contributed by atoms with Gasteiger partial charge in [0.15, 0.2) is 0 Å². The zero-order valence-electron chi connectivity index (χ0n) is 18.4. The zero-order valence-corrected chi connectivity index (χ0v) is 23.0. The van der Waals surface area contributed by atoms with Crippen molar-refractivity contribution in [1.29, 1.82) is 0 Å². The topological polar surface area (TPSA) is 57.4 Å². The Kier molecular flexibility index (Phi) is 6.73. The van der Waals surface area contributed by atoms with Gasteiger partial charge in [0.2, 0.25) is 0 Å². The van der Waals surface area contributed by atoms with Gasteiger partial charge in [-0.05, 0) is 72.8 Å². The maximum absolute atomic E-state index is 12.7. The second-order valence-corrected chi connectivity index (χ2v) is 10.2. The van der Waals surface area contributed by atoms with Crippen molar-refractivity contribution in [3.05, 3.63) is 99.0 Å². The zero-order chi connectivity index (χ0) is 25.4. The third-order valence-electron chi connectivity index (χ3n) is 5.34. The Morgan fingerprint density at radius 3 is 1.17 bits per heavy atom. The van der Waals surface area contributed by atoms with Crippen LogP contribution in [0.1, 0.15) is 22.8 Å². The third kappa shape index (κ3) is 5.10. The van der Waals surface area contributed by atoms with Gasteiger partial charge < -0.3 is 9.97 Å². The van der Waals surface area contributed by atoms with Crippen molar-refractivity contribution >= 4 is 66.5 Å². The number of fused-ring (bicyclic) bond motifs is 8. The standard InChI is InChI=1S/C20H14N4.C6BrF4.Zn/c1-2-14-10-16-5-6-18(23-16)12-20-8-7-19(24-20)11-17-4-3-15(22-17)9-13(1)21-14;7-4-5(10)2(8)1-3(9)6(4)11;/h1-12,21,24H;;. The number of hydrogen-bond donors (Lipinski definition) is 2. The van der Waals surface area contributed by atoms with Gasteiger partial charge in [-0.3, -0.25) is 0 Å². The number of nitrogens with zero attached hydrogens (tertiary/aromatic N) is 2. The Balaban J connectivity index is 0.000000189. The molecule has 0 atom stereocenters. The first kappa shape index (κ1) is 24.3. The predicted octanol–water partition coefficient (Wildman–Crippen LogP) is 6.83. The van der Waals surface area contributed by atoms with Crippen LogP contribution in [0.4, 0.5) is 17.6 Å². The van der Waals surface area contributed by atoms with Gasteiger partial charge >= 0.3 is 83.7 Å². The van der Waals surface area contributed by atoms with E-state index in [1.807, 2.05) is 48.6 Å². The molecule has 0 saturated carbocycles. The number of benzene rings is 1. The van der Waals surface area contributed by atoms with Gasteiger partial charge in [0.05, 0.1) is 22.8 Å². The first-order chi connectivity index (χ1) is 17.3. The second kappa shape index (κ2) is 9.95. The number of halogens is 5. The van der Waals surface area contributed by atoms with Crippen molar-refractivity contribution < 1.29 is 35.9 Å². The van der Waals surface area contributed by atoms with E-state index in [1.165, 1.54) is 0 Å². The number of rotatable bonds is 0. The van der Waals surface area contributed by atoms with Crippen molar-refractivity contribution in [2.75, 3.05) is 0 Å². The Labute approximate surface area is 220 Å². The molecule has 0 saturated heterocycles. The van der Waals surface area contributed by atoms with Crippen LogP contribution >= 0.6 is 15.9 Å². The minimum absolute atomic E-state index is 0.0266. The molecule has 36 heavy (non-hydrogen) atoms. The normalized spacial score (nSPS) is 12.0. The summed E-state index contributed by atoms with van der Waals surface area (Å²) in [6.07, 6.45) is 8.09. The van der Waals surface area contributed by atoms with Gasteiger partial charge in [0, 0.05) is 22.1 Å². The van der Waals surface area contributed by atoms with Gasteiger partial charge in [-0.25, -0.2) is 9.97 Å². The summed E-state index contributed by atoms with van der Waals surface area (Å²) < 4.78 is 49.2. The Morgan fingerprint density at radius 2 is 0.861 bits per heavy atom. The summed E-state index contributed by atoms with van der Waals surface area (Å²) in [6, 6.07) is 16.4. The Morgan fingerprint density at radius 1 is 0.556 bits per heavy atom. The van der Waals surface area contributed by atoms with Crippen LogP contribution in [0, 0.1) is 23.3 Å². The molecule has 6 rings (SSSR count). The predicted molar refractivity (Wildman–Crippen MR) is 132 cm³/mol. The number of nitrogens with one attached hydrogen (secondary N) is 2. The molecule has 3 aromatic heterocycles. The number of H-pyrrole nitrogens is 2. The summed E-state index contributed by atoms with van der Waals surface area (Å²) in [5, 5.41) is 0. The summed E-state index contributed by atoms with van der Waals surface area (Å²) >= 11 is 2.43. The van der Waals surface area contributed by atoms with E-state index in [-0.39, 0.29) is 18.3 Å². The fraction of sp³-hybridized carbons (Fsp3) is 0. The van der Waals surface area contributed by atoms with E-state index in [9.17, 15) is 17.6 Å². The molecule has 1 aromatic carbocycles. The van der Waals surface area contributed by atoms with Crippen LogP contribution in [-0.2, 0) is 18.3 Å². The molecule has 8 bridgehead atoms. The molecule has 175 valence electrons. The van der Waals surface area contributed by atoms with Crippen LogP contribution < -0.4 is 4.16 Å². The van der Waals surface area contributed by atoms with Crippen LogP contribution in [0.5, 0.6) is 0 Å². The third-order valence-corrected chi connectivity index (χ3v) is 7.34. The summed E-state index contributed by atoms with van der Waals surface area (Å²) in [6.45, 7) is 0. The fourth-order valence-electron chi connectivity index (χ4n) is 3.59. The summed E-state index contributed by atoms with van der Waals surface area (Å²) in [5.41, 5.74) is 7.86. The molecule has 2 aliphatic heterocycles. The van der Waals surface area contributed by atoms with Crippen molar-refractivity contribution in [1.82, 2.24) is 19.9 Å². The summed E-state index contributed by atoms with van der Waals surface area (Å²) in [4.78, 5) is 16.0. The molecule has 0 aliphatic carbocycles. The van der Waals surface area contributed by atoms with Gasteiger partial charge in [0.1, 0.15) is 0 Å². The molecule has 2 N–H and O–H groups in total. The van der Waals surface area contributed by atoms with Crippen LogP contribution in [0.2, 0.25) is 0 Å². The Hall–Kier alpha value is -3.36. The van der Waals surface area contributed by atoms with Gasteiger partial charge in [0.25, 0.3) is 0 Å². The van der Waals surface area contributed by atoms with E-state index in [4.69, 9.17) is 0 Å². The molecule has 0 unspecified atom stereocenters. The average molecular weight is 604 g/mol. The van der Waals surface area contributed by atoms with Gasteiger partial charge in [-0.1, -0.05) is 0 Å². The maximum atomic E-state index is 12.7. The van der Waals surface area contributed by atoms with Crippen molar-refractivity contribution in [3.8, 4) is 0 Å². The number of aromatic nitrogens is 4. The van der Waals surface area contributed by atoms with Crippen LogP contribution in [0.15, 0.2) is 53.0 Å². The first-order valence-corrected chi connectivity index (χ1v) is 12.9. The quantitative estimate of drug-likeness (QED) is 0.0866. The van der Waals surface area contributed by atoms with E-state index in [0.717, 1.165) is 44.8 Å². The molecule has 0 amide bonds. The fourth-order valence-corrected chi connectivity index (χ4v) is 4.59. The monoisotopic (exact) mass is 601 g/mol. The molecule has 10 heteroatoms. The second-order valence-electron chi connectivity index (χ2n) is 7.95. The van der Waals surface area contributed by atoms with E-state index in [1.54, 1.807) is 0 Å². The van der Waals surface area contributed by atoms with E-state index in [2.05, 4.69) is 60.1 Å². The first-order valence-electron chi connectivity index (χ1n) is 10.6. The molecular weight excluding hydrogens is 590 g/mol. The molecular formula is C26H14BrF4N4Zn. The SMILES string of the molecule is C1=Cc2cc3ccc(cc4nc(cc5ccc(cc1n2)[nH]5)C=C4)[nH]3.Fc1c(F)c(Br)c(F)c(F)[c]1[Zn]. The summed E-state index contributed by atoms with van der Waals surface area (Å²) in [7, 11) is 0. The molecule has 0 spiro atoms. The minimum atomic E-state index is -1.38. The Bertz CT molecular complexity index is 1440. The van der Waals surface area contributed by atoms with E-state index in [0.29, 0.717) is 0 Å². The number of aromatic amines is 2. The number of hydrogen-bond acceptors (Lipinski definition) is 2. The average Bonchev–Trinajstić information content (AvgIpc) is 3.67. The molecule has 2 aliphatic rings. The van der Waals surface area contributed by atoms with Gasteiger partial charge in [-0.15, -0.1) is 0 Å². The van der Waals surface area contributed by atoms with E-state index >= 15 is 0 Å².